The highest BCUT2D eigenvalue weighted by molar-refractivity contribution is 8.20. The molecule has 4 rings (SSSR count). The standard InChI is InChI=1S/C25H36O2S2/c1-5-6-7-8-13-25(28-14-15-29-25)20-11-12-21-22(23(20)26)18-16-17(2)9-10-19(18)24(3,4)27-21/h9,11-12,18-19,26H,5-8,10,13-16H2,1-4H3. The lowest BCUT2D eigenvalue weighted by Gasteiger charge is -2.47. The van der Waals surface area contributed by atoms with Crippen molar-refractivity contribution in [3.05, 3.63) is 34.9 Å². The highest BCUT2D eigenvalue weighted by atomic mass is 32.2. The van der Waals surface area contributed by atoms with Gasteiger partial charge in [0.05, 0.1) is 4.08 Å². The summed E-state index contributed by atoms with van der Waals surface area (Å²) in [5.41, 5.74) is 3.48. The average Bonchev–Trinajstić information content (AvgIpc) is 3.14. The number of hydrogen-bond donors (Lipinski definition) is 1. The molecule has 2 nitrogen and oxygen atoms in total. The Balaban J connectivity index is 1.72. The summed E-state index contributed by atoms with van der Waals surface area (Å²) >= 11 is 4.09. The number of phenols is 1. The van der Waals surface area contributed by atoms with E-state index in [1.807, 2.05) is 23.5 Å². The molecule has 1 aliphatic carbocycles. The van der Waals surface area contributed by atoms with Crippen molar-refractivity contribution < 1.29 is 9.84 Å². The molecule has 29 heavy (non-hydrogen) atoms. The molecule has 2 atom stereocenters. The molecule has 1 fully saturated rings. The maximum Gasteiger partial charge on any atom is 0.128 e. The van der Waals surface area contributed by atoms with Gasteiger partial charge in [-0.1, -0.05) is 44.3 Å². The van der Waals surface area contributed by atoms with E-state index < -0.39 is 0 Å². The number of thioether (sulfide) groups is 2. The van der Waals surface area contributed by atoms with Gasteiger partial charge in [-0.2, -0.15) is 0 Å². The number of fused-ring (bicyclic) bond motifs is 3. The molecule has 0 saturated carbocycles. The molecular weight excluding hydrogens is 396 g/mol. The van der Waals surface area contributed by atoms with Gasteiger partial charge in [0, 0.05) is 34.5 Å². The third-order valence-corrected chi connectivity index (χ3v) is 10.6. The Morgan fingerprint density at radius 3 is 2.62 bits per heavy atom. The number of aromatic hydroxyl groups is 1. The van der Waals surface area contributed by atoms with E-state index in [4.69, 9.17) is 4.74 Å². The second-order valence-electron chi connectivity index (χ2n) is 9.54. The van der Waals surface area contributed by atoms with E-state index in [-0.39, 0.29) is 9.68 Å². The van der Waals surface area contributed by atoms with Crippen LogP contribution in [0.15, 0.2) is 23.8 Å². The second-order valence-corrected chi connectivity index (χ2v) is 12.6. The number of rotatable bonds is 6. The topological polar surface area (TPSA) is 29.5 Å². The highest BCUT2D eigenvalue weighted by Gasteiger charge is 2.48. The number of allylic oxidation sites excluding steroid dienone is 2. The van der Waals surface area contributed by atoms with Crippen molar-refractivity contribution >= 4 is 23.5 Å². The molecule has 2 aliphatic heterocycles. The Kier molecular flexibility index (Phi) is 6.24. The van der Waals surface area contributed by atoms with Gasteiger partial charge in [0.25, 0.3) is 0 Å². The third kappa shape index (κ3) is 3.96. The fourth-order valence-corrected chi connectivity index (χ4v) is 8.89. The molecule has 1 saturated heterocycles. The Bertz CT molecular complexity index is 777. The van der Waals surface area contributed by atoms with Crippen molar-refractivity contribution in [3.8, 4) is 11.5 Å². The Morgan fingerprint density at radius 1 is 1.14 bits per heavy atom. The quantitative estimate of drug-likeness (QED) is 0.370. The summed E-state index contributed by atoms with van der Waals surface area (Å²) in [4.78, 5) is 0. The van der Waals surface area contributed by atoms with Crippen molar-refractivity contribution in [1.82, 2.24) is 0 Å². The van der Waals surface area contributed by atoms with Gasteiger partial charge in [0.2, 0.25) is 0 Å². The van der Waals surface area contributed by atoms with E-state index in [1.165, 1.54) is 42.8 Å². The summed E-state index contributed by atoms with van der Waals surface area (Å²) in [6.45, 7) is 8.93. The molecule has 0 amide bonds. The zero-order chi connectivity index (χ0) is 20.6. The molecule has 1 aromatic carbocycles. The number of hydrogen-bond acceptors (Lipinski definition) is 4. The fourth-order valence-electron chi connectivity index (χ4n) is 5.51. The largest absolute Gasteiger partial charge is 0.507 e. The normalized spacial score (nSPS) is 27.0. The number of benzene rings is 1. The second kappa shape index (κ2) is 8.42. The molecule has 4 heteroatoms. The average molecular weight is 433 g/mol. The molecule has 0 radical (unpaired) electrons. The summed E-state index contributed by atoms with van der Waals surface area (Å²) in [6.07, 6.45) is 10.7. The van der Waals surface area contributed by atoms with E-state index in [9.17, 15) is 5.11 Å². The van der Waals surface area contributed by atoms with Crippen LogP contribution < -0.4 is 4.74 Å². The van der Waals surface area contributed by atoms with Gasteiger partial charge in [-0.3, -0.25) is 0 Å². The predicted molar refractivity (Wildman–Crippen MR) is 127 cm³/mol. The molecular formula is C25H36O2S2. The first-order chi connectivity index (χ1) is 13.9. The monoisotopic (exact) mass is 432 g/mol. The summed E-state index contributed by atoms with van der Waals surface area (Å²) in [7, 11) is 0. The van der Waals surface area contributed by atoms with Crippen LogP contribution in [-0.4, -0.2) is 22.2 Å². The van der Waals surface area contributed by atoms with Gasteiger partial charge in [0.15, 0.2) is 0 Å². The van der Waals surface area contributed by atoms with E-state index in [0.717, 1.165) is 36.1 Å². The van der Waals surface area contributed by atoms with Crippen LogP contribution in [0.25, 0.3) is 0 Å². The van der Waals surface area contributed by atoms with E-state index >= 15 is 0 Å². The molecule has 0 aromatic heterocycles. The predicted octanol–water partition coefficient (Wildman–Crippen LogP) is 7.61. The lowest BCUT2D eigenvalue weighted by atomic mass is 9.67. The highest BCUT2D eigenvalue weighted by Crippen LogP contribution is 2.61. The molecule has 0 bridgehead atoms. The third-order valence-electron chi connectivity index (χ3n) is 7.09. The van der Waals surface area contributed by atoms with Crippen LogP contribution in [0, 0.1) is 5.92 Å². The van der Waals surface area contributed by atoms with Crippen LogP contribution in [0.5, 0.6) is 11.5 Å². The minimum absolute atomic E-state index is 0.00880. The Morgan fingerprint density at radius 2 is 1.90 bits per heavy atom. The van der Waals surface area contributed by atoms with E-state index in [1.54, 1.807) is 0 Å². The summed E-state index contributed by atoms with van der Waals surface area (Å²) < 4.78 is 6.47. The van der Waals surface area contributed by atoms with Crippen LogP contribution in [0.4, 0.5) is 0 Å². The summed E-state index contributed by atoms with van der Waals surface area (Å²) in [5.74, 6) is 4.55. The number of phenolic OH excluding ortho intramolecular Hbond substituents is 1. The first-order valence-corrected chi connectivity index (χ1v) is 13.3. The zero-order valence-electron chi connectivity index (χ0n) is 18.4. The maximum absolute atomic E-state index is 11.6. The van der Waals surface area contributed by atoms with Crippen LogP contribution in [0.3, 0.4) is 0 Å². The van der Waals surface area contributed by atoms with Crippen molar-refractivity contribution in [2.75, 3.05) is 11.5 Å². The number of unbranched alkanes of at least 4 members (excludes halogenated alkanes) is 3. The first kappa shape index (κ1) is 21.5. The van der Waals surface area contributed by atoms with Crippen molar-refractivity contribution in [3.63, 3.8) is 0 Å². The Hall–Kier alpha value is -0.740. The molecule has 2 unspecified atom stereocenters. The molecule has 3 aliphatic rings. The van der Waals surface area contributed by atoms with Gasteiger partial charge in [-0.05, 0) is 52.2 Å². The zero-order valence-corrected chi connectivity index (χ0v) is 20.1. The van der Waals surface area contributed by atoms with Crippen LogP contribution in [0.1, 0.15) is 89.7 Å². The maximum atomic E-state index is 11.6. The lowest BCUT2D eigenvalue weighted by Crippen LogP contribution is -2.45. The van der Waals surface area contributed by atoms with E-state index in [0.29, 0.717) is 17.6 Å². The van der Waals surface area contributed by atoms with Gasteiger partial charge >= 0.3 is 0 Å². The lowest BCUT2D eigenvalue weighted by molar-refractivity contribution is 0.00752. The van der Waals surface area contributed by atoms with Crippen molar-refractivity contribution in [2.24, 2.45) is 5.92 Å². The van der Waals surface area contributed by atoms with Gasteiger partial charge in [0.1, 0.15) is 17.1 Å². The SMILES string of the molecule is CCCCCCC1(c2ccc3c(c2O)C2CC(C)=CCC2C(C)(C)O3)SCCS1. The molecule has 1 aromatic rings. The minimum Gasteiger partial charge on any atom is -0.507 e. The number of ether oxygens (including phenoxy) is 1. The summed E-state index contributed by atoms with van der Waals surface area (Å²) in [5, 5.41) is 11.6. The van der Waals surface area contributed by atoms with Crippen molar-refractivity contribution in [1.29, 1.82) is 0 Å². The van der Waals surface area contributed by atoms with Crippen LogP contribution >= 0.6 is 23.5 Å². The smallest absolute Gasteiger partial charge is 0.128 e. The van der Waals surface area contributed by atoms with Gasteiger partial charge in [-0.25, -0.2) is 0 Å². The fraction of sp³-hybridized carbons (Fsp3) is 0.680. The summed E-state index contributed by atoms with van der Waals surface area (Å²) in [6, 6.07) is 4.32. The molecule has 2 heterocycles. The molecule has 0 spiro atoms. The first-order valence-electron chi connectivity index (χ1n) is 11.4. The minimum atomic E-state index is -0.197. The molecule has 160 valence electrons. The van der Waals surface area contributed by atoms with Crippen LogP contribution in [-0.2, 0) is 4.08 Å². The van der Waals surface area contributed by atoms with E-state index in [2.05, 4.69) is 45.9 Å². The van der Waals surface area contributed by atoms with Crippen molar-refractivity contribution in [2.45, 2.75) is 88.2 Å². The van der Waals surface area contributed by atoms with Gasteiger partial charge in [-0.15, -0.1) is 23.5 Å². The van der Waals surface area contributed by atoms with Gasteiger partial charge < -0.3 is 9.84 Å². The molecule has 1 N–H and O–H groups in total. The van der Waals surface area contributed by atoms with Crippen LogP contribution in [0.2, 0.25) is 0 Å². The Labute approximate surface area is 185 Å².